The van der Waals surface area contributed by atoms with Crippen LogP contribution in [0.15, 0.2) is 28.7 Å². The maximum atomic E-state index is 10.7. The first-order valence-corrected chi connectivity index (χ1v) is 7.19. The van der Waals surface area contributed by atoms with Gasteiger partial charge in [-0.15, -0.1) is 0 Å². The van der Waals surface area contributed by atoms with Crippen LogP contribution in [0.3, 0.4) is 0 Å². The summed E-state index contributed by atoms with van der Waals surface area (Å²) in [5.41, 5.74) is 1.39. The van der Waals surface area contributed by atoms with Crippen LogP contribution in [0, 0.1) is 0 Å². The molecule has 0 N–H and O–H groups in total. The number of aromatic nitrogens is 1. The number of pyridine rings is 1. The van der Waals surface area contributed by atoms with Gasteiger partial charge < -0.3 is 13.7 Å². The molecule has 0 amide bonds. The molecule has 0 unspecified atom stereocenters. The van der Waals surface area contributed by atoms with Gasteiger partial charge in [-0.2, -0.15) is 0 Å². The lowest BCUT2D eigenvalue weighted by molar-refractivity contribution is 0.00578. The third kappa shape index (κ3) is 2.60. The van der Waals surface area contributed by atoms with Gasteiger partial charge in [-0.05, 0) is 39.3 Å². The molecule has 0 aromatic carbocycles. The van der Waals surface area contributed by atoms with E-state index in [0.29, 0.717) is 17.4 Å². The van der Waals surface area contributed by atoms with Crippen LogP contribution in [0.2, 0.25) is 0 Å². The van der Waals surface area contributed by atoms with Crippen LogP contribution in [0.25, 0.3) is 17.2 Å². The van der Waals surface area contributed by atoms with Crippen molar-refractivity contribution in [3.05, 3.63) is 35.6 Å². The number of furan rings is 1. The molecule has 114 valence electrons. The fourth-order valence-electron chi connectivity index (χ4n) is 2.26. The number of carbonyl (C=O) groups excluding carboxylic acids is 1. The van der Waals surface area contributed by atoms with Crippen molar-refractivity contribution in [2.75, 3.05) is 0 Å². The van der Waals surface area contributed by atoms with Crippen LogP contribution in [0.5, 0.6) is 0 Å². The first-order valence-electron chi connectivity index (χ1n) is 7.19. The topological polar surface area (TPSA) is 61.6 Å². The molecule has 1 saturated heterocycles. The lowest BCUT2D eigenvalue weighted by atomic mass is 9.89. The van der Waals surface area contributed by atoms with Crippen LogP contribution in [0.4, 0.5) is 0 Å². The van der Waals surface area contributed by atoms with Gasteiger partial charge in [-0.1, -0.05) is 12.1 Å². The van der Waals surface area contributed by atoms with Crippen molar-refractivity contribution in [3.63, 3.8) is 0 Å². The van der Waals surface area contributed by atoms with Crippen molar-refractivity contribution in [1.82, 2.24) is 4.98 Å². The molecule has 0 spiro atoms. The molecule has 1 aliphatic heterocycles. The molecule has 1 aliphatic rings. The monoisotopic (exact) mass is 299 g/mol. The standard InChI is InChI=1S/C16H18BNO4/c1-15(2)16(3,4)22-17(21-15)6-5-11-7-14-13(18-9-11)8-12(10-19)20-14/h5-10H,1-4H3/b6-5+. The lowest BCUT2D eigenvalue weighted by Crippen LogP contribution is -2.41. The lowest BCUT2D eigenvalue weighted by Gasteiger charge is -2.32. The Morgan fingerprint density at radius 1 is 1.14 bits per heavy atom. The summed E-state index contributed by atoms with van der Waals surface area (Å²) in [5.74, 6) is 2.12. The van der Waals surface area contributed by atoms with Crippen molar-refractivity contribution < 1.29 is 18.5 Å². The molecule has 22 heavy (non-hydrogen) atoms. The van der Waals surface area contributed by atoms with E-state index in [2.05, 4.69) is 4.98 Å². The van der Waals surface area contributed by atoms with E-state index in [0.717, 1.165) is 5.56 Å². The van der Waals surface area contributed by atoms with Gasteiger partial charge in [0, 0.05) is 12.3 Å². The molecule has 0 aliphatic carbocycles. The highest BCUT2D eigenvalue weighted by Gasteiger charge is 2.49. The van der Waals surface area contributed by atoms with Gasteiger partial charge >= 0.3 is 7.12 Å². The van der Waals surface area contributed by atoms with Crippen molar-refractivity contribution in [2.45, 2.75) is 38.9 Å². The molecule has 3 rings (SSSR count). The van der Waals surface area contributed by atoms with Crippen LogP contribution in [-0.4, -0.2) is 29.6 Å². The fraction of sp³-hybridized carbons (Fsp3) is 0.375. The Kier molecular flexibility index (Phi) is 3.46. The molecule has 0 atom stereocenters. The van der Waals surface area contributed by atoms with Gasteiger partial charge in [0.15, 0.2) is 17.6 Å². The fourth-order valence-corrected chi connectivity index (χ4v) is 2.26. The SMILES string of the molecule is CC1(C)OB(/C=C/c2cnc3cc(C=O)oc3c2)OC1(C)C. The van der Waals surface area contributed by atoms with Crippen LogP contribution in [-0.2, 0) is 9.31 Å². The Morgan fingerprint density at radius 2 is 1.82 bits per heavy atom. The van der Waals surface area contributed by atoms with E-state index in [-0.39, 0.29) is 17.0 Å². The number of nitrogens with zero attached hydrogens (tertiary/aromatic N) is 1. The summed E-state index contributed by atoms with van der Waals surface area (Å²) >= 11 is 0. The van der Waals surface area contributed by atoms with Crippen LogP contribution in [0.1, 0.15) is 43.8 Å². The Bertz CT molecular complexity index is 732. The van der Waals surface area contributed by atoms with Crippen LogP contribution >= 0.6 is 0 Å². The number of rotatable bonds is 3. The third-order valence-electron chi connectivity index (χ3n) is 4.24. The van der Waals surface area contributed by atoms with E-state index in [1.165, 1.54) is 0 Å². The smallest absolute Gasteiger partial charge is 0.452 e. The van der Waals surface area contributed by atoms with Gasteiger partial charge in [0.05, 0.1) is 11.2 Å². The molecule has 2 aromatic rings. The van der Waals surface area contributed by atoms with E-state index in [1.54, 1.807) is 12.3 Å². The second kappa shape index (κ2) is 5.07. The van der Waals surface area contributed by atoms with Gasteiger partial charge in [0.25, 0.3) is 0 Å². The summed E-state index contributed by atoms with van der Waals surface area (Å²) in [6.07, 6.45) is 4.26. The summed E-state index contributed by atoms with van der Waals surface area (Å²) in [6, 6.07) is 3.45. The Labute approximate surface area is 129 Å². The largest absolute Gasteiger partial charge is 0.487 e. The van der Waals surface area contributed by atoms with Gasteiger partial charge in [-0.3, -0.25) is 9.78 Å². The minimum absolute atomic E-state index is 0.273. The molecule has 0 saturated carbocycles. The number of hydrogen-bond donors (Lipinski definition) is 0. The molecule has 2 aromatic heterocycles. The molecule has 6 heteroatoms. The first kappa shape index (κ1) is 15.0. The van der Waals surface area contributed by atoms with E-state index in [4.69, 9.17) is 13.7 Å². The number of hydrogen-bond acceptors (Lipinski definition) is 5. The normalized spacial score (nSPS) is 20.1. The van der Waals surface area contributed by atoms with E-state index < -0.39 is 7.12 Å². The molecule has 1 fully saturated rings. The summed E-state index contributed by atoms with van der Waals surface area (Å²) in [7, 11) is -0.400. The van der Waals surface area contributed by atoms with E-state index >= 15 is 0 Å². The van der Waals surface area contributed by atoms with Crippen molar-refractivity contribution in [3.8, 4) is 0 Å². The van der Waals surface area contributed by atoms with Crippen LogP contribution < -0.4 is 0 Å². The van der Waals surface area contributed by atoms with Crippen molar-refractivity contribution in [1.29, 1.82) is 0 Å². The average Bonchev–Trinajstić information content (AvgIpc) is 2.94. The van der Waals surface area contributed by atoms with E-state index in [9.17, 15) is 4.79 Å². The summed E-state index contributed by atoms with van der Waals surface area (Å²) in [6.45, 7) is 8.05. The zero-order chi connectivity index (χ0) is 16.0. The molecular weight excluding hydrogens is 281 g/mol. The predicted octanol–water partition coefficient (Wildman–Crippen LogP) is 3.28. The van der Waals surface area contributed by atoms with Crippen molar-refractivity contribution >= 4 is 30.6 Å². The quantitative estimate of drug-likeness (QED) is 0.643. The second-order valence-electron chi connectivity index (χ2n) is 6.40. The number of fused-ring (bicyclic) bond motifs is 1. The highest BCUT2D eigenvalue weighted by Crippen LogP contribution is 2.37. The highest BCUT2D eigenvalue weighted by molar-refractivity contribution is 6.52. The summed E-state index contributed by atoms with van der Waals surface area (Å²) in [4.78, 5) is 15.0. The second-order valence-corrected chi connectivity index (χ2v) is 6.40. The minimum Gasteiger partial charge on any atom is -0.452 e. The Morgan fingerprint density at radius 3 is 2.45 bits per heavy atom. The zero-order valence-electron chi connectivity index (χ0n) is 13.1. The van der Waals surface area contributed by atoms with Crippen molar-refractivity contribution in [2.24, 2.45) is 0 Å². The number of aldehydes is 1. The van der Waals surface area contributed by atoms with E-state index in [1.807, 2.05) is 45.8 Å². The molecule has 3 heterocycles. The summed E-state index contributed by atoms with van der Waals surface area (Å²) in [5, 5.41) is 0. The minimum atomic E-state index is -0.400. The van der Waals surface area contributed by atoms with Gasteiger partial charge in [-0.25, -0.2) is 0 Å². The maximum absolute atomic E-state index is 10.7. The third-order valence-corrected chi connectivity index (χ3v) is 4.24. The molecular formula is C16H18BNO4. The maximum Gasteiger partial charge on any atom is 0.487 e. The number of carbonyl (C=O) groups is 1. The molecule has 0 radical (unpaired) electrons. The van der Waals surface area contributed by atoms with Gasteiger partial charge in [0.2, 0.25) is 0 Å². The predicted molar refractivity (Wildman–Crippen MR) is 84.5 cm³/mol. The molecule has 0 bridgehead atoms. The molecule has 5 nitrogen and oxygen atoms in total. The Balaban J connectivity index is 1.80. The summed E-state index contributed by atoms with van der Waals surface area (Å²) < 4.78 is 17.2. The first-order chi connectivity index (χ1) is 10.3. The van der Waals surface area contributed by atoms with Gasteiger partial charge in [0.1, 0.15) is 5.52 Å². The highest BCUT2D eigenvalue weighted by atomic mass is 16.7. The zero-order valence-corrected chi connectivity index (χ0v) is 13.1. The Hall–Kier alpha value is -1.92. The average molecular weight is 299 g/mol.